The van der Waals surface area contributed by atoms with E-state index >= 15 is 0 Å². The molecule has 0 spiro atoms. The summed E-state index contributed by atoms with van der Waals surface area (Å²) in [5.41, 5.74) is 0.0751. The predicted octanol–water partition coefficient (Wildman–Crippen LogP) is 3.44. The Morgan fingerprint density at radius 3 is 2.45 bits per heavy atom. The first-order chi connectivity index (χ1) is 9.20. The van der Waals surface area contributed by atoms with Gasteiger partial charge in [-0.05, 0) is 38.0 Å². The first-order valence-electron chi connectivity index (χ1n) is 6.27. The number of rotatable bonds is 3. The molecular formula is C13H15BrClNO3S. The summed E-state index contributed by atoms with van der Waals surface area (Å²) in [5.74, 6) is -0.280. The van der Waals surface area contributed by atoms with Gasteiger partial charge in [-0.25, -0.2) is 8.42 Å². The fourth-order valence-corrected chi connectivity index (χ4v) is 3.91. The summed E-state index contributed by atoms with van der Waals surface area (Å²) in [4.78, 5) is 12.2. The summed E-state index contributed by atoms with van der Waals surface area (Å²) in [5, 5.41) is 2.98. The molecule has 1 amide bonds. The fraction of sp³-hybridized carbons (Fsp3) is 0.462. The molecule has 1 aliphatic rings. The second-order valence-electron chi connectivity index (χ2n) is 5.34. The highest BCUT2D eigenvalue weighted by Gasteiger charge is 2.30. The van der Waals surface area contributed by atoms with Crippen LogP contribution in [-0.2, 0) is 9.05 Å². The molecular weight excluding hydrogens is 366 g/mol. The number of nitrogens with one attached hydrogen (secondary N) is 1. The summed E-state index contributed by atoms with van der Waals surface area (Å²) >= 11 is 3.20. The first-order valence-corrected chi connectivity index (χ1v) is 9.38. The van der Waals surface area contributed by atoms with Crippen LogP contribution in [0.1, 0.15) is 43.0 Å². The number of benzene rings is 1. The van der Waals surface area contributed by atoms with Gasteiger partial charge in [0.25, 0.3) is 15.0 Å². The van der Waals surface area contributed by atoms with E-state index in [1.54, 1.807) is 6.07 Å². The van der Waals surface area contributed by atoms with Crippen LogP contribution in [0.4, 0.5) is 0 Å². The van der Waals surface area contributed by atoms with Crippen molar-refractivity contribution in [3.8, 4) is 0 Å². The van der Waals surface area contributed by atoms with Crippen LogP contribution >= 0.6 is 26.6 Å². The van der Waals surface area contributed by atoms with Crippen LogP contribution in [0, 0.1) is 0 Å². The number of halogens is 2. The number of hydrogen-bond acceptors (Lipinski definition) is 3. The molecule has 110 valence electrons. The maximum Gasteiger partial charge on any atom is 0.261 e. The molecule has 0 aromatic heterocycles. The first kappa shape index (κ1) is 15.8. The molecule has 0 unspecified atom stereocenters. The van der Waals surface area contributed by atoms with E-state index in [0.717, 1.165) is 25.7 Å². The van der Waals surface area contributed by atoms with Crippen molar-refractivity contribution in [2.75, 3.05) is 0 Å². The fourth-order valence-electron chi connectivity index (χ4n) is 2.46. The van der Waals surface area contributed by atoms with Crippen molar-refractivity contribution >= 4 is 41.6 Å². The molecule has 20 heavy (non-hydrogen) atoms. The van der Waals surface area contributed by atoms with E-state index in [0.29, 0.717) is 4.47 Å². The maximum atomic E-state index is 12.3. The average Bonchev–Trinajstić information content (AvgIpc) is 2.73. The van der Waals surface area contributed by atoms with Gasteiger partial charge in [0.05, 0.1) is 4.90 Å². The smallest absolute Gasteiger partial charge is 0.261 e. The lowest BCUT2D eigenvalue weighted by molar-refractivity contribution is 0.0908. The van der Waals surface area contributed by atoms with Crippen LogP contribution < -0.4 is 5.32 Å². The van der Waals surface area contributed by atoms with Crippen LogP contribution in [0.3, 0.4) is 0 Å². The molecule has 0 heterocycles. The average molecular weight is 381 g/mol. The van der Waals surface area contributed by atoms with Gasteiger partial charge in [-0.2, -0.15) is 0 Å². The maximum absolute atomic E-state index is 12.3. The zero-order valence-corrected chi connectivity index (χ0v) is 14.1. The second kappa shape index (κ2) is 5.66. The van der Waals surface area contributed by atoms with Crippen LogP contribution in [0.25, 0.3) is 0 Å². The Bertz CT molecular complexity index is 639. The lowest BCUT2D eigenvalue weighted by Gasteiger charge is -2.25. The van der Waals surface area contributed by atoms with Crippen molar-refractivity contribution in [3.63, 3.8) is 0 Å². The van der Waals surface area contributed by atoms with Crippen LogP contribution in [0.2, 0.25) is 0 Å². The minimum atomic E-state index is -3.86. The predicted molar refractivity (Wildman–Crippen MR) is 81.5 cm³/mol. The van der Waals surface area contributed by atoms with Crippen LogP contribution in [0.15, 0.2) is 27.6 Å². The van der Waals surface area contributed by atoms with Gasteiger partial charge in [-0.15, -0.1) is 0 Å². The quantitative estimate of drug-likeness (QED) is 0.817. The highest BCUT2D eigenvalue weighted by molar-refractivity contribution is 9.10. The van der Waals surface area contributed by atoms with Crippen molar-refractivity contribution in [1.82, 2.24) is 5.32 Å². The molecule has 1 aliphatic carbocycles. The third-order valence-electron chi connectivity index (χ3n) is 3.54. The Morgan fingerprint density at radius 2 is 1.90 bits per heavy atom. The molecule has 1 saturated carbocycles. The summed E-state index contributed by atoms with van der Waals surface area (Å²) in [6.45, 7) is 2.01. The molecule has 0 aliphatic heterocycles. The molecule has 1 N–H and O–H groups in total. The van der Waals surface area contributed by atoms with E-state index in [-0.39, 0.29) is 21.9 Å². The topological polar surface area (TPSA) is 63.2 Å². The molecule has 0 bridgehead atoms. The zero-order chi connectivity index (χ0) is 15.0. The number of hydrogen-bond donors (Lipinski definition) is 1. The summed E-state index contributed by atoms with van der Waals surface area (Å²) < 4.78 is 23.3. The lowest BCUT2D eigenvalue weighted by Crippen LogP contribution is -2.43. The van der Waals surface area contributed by atoms with E-state index in [9.17, 15) is 13.2 Å². The van der Waals surface area contributed by atoms with Crippen molar-refractivity contribution in [3.05, 3.63) is 28.2 Å². The van der Waals surface area contributed by atoms with E-state index < -0.39 is 9.05 Å². The van der Waals surface area contributed by atoms with Gasteiger partial charge in [0.2, 0.25) is 0 Å². The van der Waals surface area contributed by atoms with Gasteiger partial charge < -0.3 is 5.32 Å². The van der Waals surface area contributed by atoms with E-state index in [4.69, 9.17) is 10.7 Å². The Balaban J connectivity index is 2.28. The van der Waals surface area contributed by atoms with Gasteiger partial charge >= 0.3 is 0 Å². The lowest BCUT2D eigenvalue weighted by atomic mass is 10.00. The molecule has 0 atom stereocenters. The number of carbonyl (C=O) groups is 1. The Labute approximate surface area is 131 Å². The monoisotopic (exact) mass is 379 g/mol. The Kier molecular flexibility index (Phi) is 4.47. The van der Waals surface area contributed by atoms with Crippen molar-refractivity contribution in [2.45, 2.75) is 43.0 Å². The highest BCUT2D eigenvalue weighted by Crippen LogP contribution is 2.30. The van der Waals surface area contributed by atoms with E-state index in [1.165, 1.54) is 12.1 Å². The SMILES string of the molecule is CC1(NC(=O)c2cc(Br)cc(S(=O)(=O)Cl)c2)CCCC1. The van der Waals surface area contributed by atoms with Gasteiger partial charge in [0.15, 0.2) is 0 Å². The third-order valence-corrected chi connectivity index (χ3v) is 5.33. The van der Waals surface area contributed by atoms with Gasteiger partial charge in [-0.1, -0.05) is 28.8 Å². The summed E-state index contributed by atoms with van der Waals surface area (Å²) in [7, 11) is 1.46. The molecule has 7 heteroatoms. The highest BCUT2D eigenvalue weighted by atomic mass is 79.9. The largest absolute Gasteiger partial charge is 0.347 e. The number of amides is 1. The summed E-state index contributed by atoms with van der Waals surface area (Å²) in [6, 6.07) is 4.25. The molecule has 0 saturated heterocycles. The molecule has 0 radical (unpaired) electrons. The second-order valence-corrected chi connectivity index (χ2v) is 8.82. The van der Waals surface area contributed by atoms with Crippen molar-refractivity contribution in [1.29, 1.82) is 0 Å². The van der Waals surface area contributed by atoms with E-state index in [2.05, 4.69) is 21.2 Å². The zero-order valence-electron chi connectivity index (χ0n) is 10.9. The normalized spacial score (nSPS) is 17.9. The molecule has 2 rings (SSSR count). The minimum Gasteiger partial charge on any atom is -0.347 e. The van der Waals surface area contributed by atoms with Crippen molar-refractivity contribution in [2.24, 2.45) is 0 Å². The molecule has 1 aromatic carbocycles. The van der Waals surface area contributed by atoms with E-state index in [1.807, 2.05) is 6.92 Å². The Morgan fingerprint density at radius 1 is 1.30 bits per heavy atom. The van der Waals surface area contributed by atoms with Gasteiger partial charge in [0.1, 0.15) is 0 Å². The molecule has 4 nitrogen and oxygen atoms in total. The minimum absolute atomic E-state index is 0.0877. The Hall–Kier alpha value is -0.590. The van der Waals surface area contributed by atoms with Crippen molar-refractivity contribution < 1.29 is 13.2 Å². The van der Waals surface area contributed by atoms with Crippen LogP contribution in [-0.4, -0.2) is 19.9 Å². The summed E-state index contributed by atoms with van der Waals surface area (Å²) in [6.07, 6.45) is 4.06. The molecule has 1 aromatic rings. The third kappa shape index (κ3) is 3.74. The standard InChI is InChI=1S/C13H15BrClNO3S/c1-13(4-2-3-5-13)16-12(17)9-6-10(14)8-11(7-9)20(15,18)19/h6-8H,2-5H2,1H3,(H,16,17). The van der Waals surface area contributed by atoms with Crippen LogP contribution in [0.5, 0.6) is 0 Å². The van der Waals surface area contributed by atoms with Gasteiger partial charge in [-0.3, -0.25) is 4.79 Å². The molecule has 1 fully saturated rings. The van der Waals surface area contributed by atoms with Gasteiger partial charge in [0, 0.05) is 26.3 Å². The number of carbonyl (C=O) groups excluding carboxylic acids is 1.